The van der Waals surface area contributed by atoms with E-state index in [-0.39, 0.29) is 5.56 Å². The number of thioether (sulfide) groups is 1. The van der Waals surface area contributed by atoms with E-state index in [1.54, 1.807) is 16.8 Å². The monoisotopic (exact) mass is 368 g/mol. The molecule has 7 heteroatoms. The molecule has 0 aliphatic heterocycles. The first kappa shape index (κ1) is 15.9. The number of benzene rings is 2. The first-order chi connectivity index (χ1) is 12.2. The fourth-order valence-electron chi connectivity index (χ4n) is 2.49. The zero-order valence-corrected chi connectivity index (χ0v) is 14.6. The minimum Gasteiger partial charge on any atom is -0.301 e. The predicted molar refractivity (Wildman–Crippen MR) is 100 cm³/mol. The third kappa shape index (κ3) is 3.31. The van der Waals surface area contributed by atoms with E-state index in [2.05, 4.69) is 15.1 Å². The zero-order chi connectivity index (χ0) is 17.2. The van der Waals surface area contributed by atoms with E-state index in [1.807, 2.05) is 42.5 Å². The van der Waals surface area contributed by atoms with Crippen LogP contribution in [0.1, 0.15) is 5.56 Å². The molecule has 0 unspecified atom stereocenters. The van der Waals surface area contributed by atoms with Gasteiger partial charge in [0, 0.05) is 10.8 Å². The summed E-state index contributed by atoms with van der Waals surface area (Å²) in [6, 6.07) is 17.3. The van der Waals surface area contributed by atoms with E-state index >= 15 is 0 Å². The van der Waals surface area contributed by atoms with Crippen LogP contribution < -0.4 is 5.56 Å². The molecular weight excluding hydrogens is 356 g/mol. The number of fused-ring (bicyclic) bond motifs is 1. The molecule has 0 aliphatic carbocycles. The summed E-state index contributed by atoms with van der Waals surface area (Å²) >= 11 is 7.54. The fraction of sp³-hybridized carbons (Fsp3) is 0.0556. The van der Waals surface area contributed by atoms with Gasteiger partial charge in [0.25, 0.3) is 5.56 Å². The summed E-state index contributed by atoms with van der Waals surface area (Å²) in [5.74, 6) is 0.723. The van der Waals surface area contributed by atoms with Crippen molar-refractivity contribution in [2.45, 2.75) is 10.9 Å². The average molecular weight is 369 g/mol. The SMILES string of the molecule is O=c1[nH]c(SCc2ccccc2)nc2c1cnn2-c1cccc(Cl)c1. The van der Waals surface area contributed by atoms with Gasteiger partial charge in [-0.25, -0.2) is 9.67 Å². The molecule has 0 aliphatic rings. The van der Waals surface area contributed by atoms with Crippen LogP contribution in [-0.4, -0.2) is 19.7 Å². The molecule has 4 aromatic rings. The van der Waals surface area contributed by atoms with Gasteiger partial charge >= 0.3 is 0 Å². The molecule has 4 rings (SSSR count). The first-order valence-corrected chi connectivity index (χ1v) is 8.98. The highest BCUT2D eigenvalue weighted by molar-refractivity contribution is 7.98. The molecule has 0 fully saturated rings. The third-order valence-electron chi connectivity index (χ3n) is 3.69. The molecule has 2 heterocycles. The number of nitrogens with zero attached hydrogens (tertiary/aromatic N) is 3. The van der Waals surface area contributed by atoms with Crippen molar-refractivity contribution in [2.75, 3.05) is 0 Å². The van der Waals surface area contributed by atoms with E-state index in [0.29, 0.717) is 21.2 Å². The lowest BCUT2D eigenvalue weighted by Gasteiger charge is -2.05. The Balaban J connectivity index is 1.73. The molecule has 0 radical (unpaired) electrons. The van der Waals surface area contributed by atoms with Crippen LogP contribution in [0.4, 0.5) is 0 Å². The second-order valence-electron chi connectivity index (χ2n) is 5.42. The van der Waals surface area contributed by atoms with E-state index < -0.39 is 0 Å². The van der Waals surface area contributed by atoms with E-state index in [4.69, 9.17) is 11.6 Å². The van der Waals surface area contributed by atoms with Gasteiger partial charge in [0.1, 0.15) is 5.39 Å². The maximum atomic E-state index is 12.3. The lowest BCUT2D eigenvalue weighted by Crippen LogP contribution is -2.09. The van der Waals surface area contributed by atoms with Gasteiger partial charge in [0.05, 0.1) is 11.9 Å². The van der Waals surface area contributed by atoms with Gasteiger partial charge in [-0.15, -0.1) is 0 Å². The number of rotatable bonds is 4. The van der Waals surface area contributed by atoms with Crippen LogP contribution in [0, 0.1) is 0 Å². The summed E-state index contributed by atoms with van der Waals surface area (Å²) in [6.45, 7) is 0. The maximum absolute atomic E-state index is 12.3. The molecule has 0 saturated carbocycles. The molecule has 1 N–H and O–H groups in total. The number of halogens is 1. The molecular formula is C18H13ClN4OS. The molecule has 5 nitrogen and oxygen atoms in total. The topological polar surface area (TPSA) is 63.6 Å². The van der Waals surface area contributed by atoms with Gasteiger partial charge in [-0.1, -0.05) is 59.8 Å². The summed E-state index contributed by atoms with van der Waals surface area (Å²) in [4.78, 5) is 19.7. The van der Waals surface area contributed by atoms with Crippen LogP contribution in [0.2, 0.25) is 5.02 Å². The Morgan fingerprint density at radius 2 is 1.96 bits per heavy atom. The van der Waals surface area contributed by atoms with Crippen LogP contribution >= 0.6 is 23.4 Å². The Hall–Kier alpha value is -2.57. The molecule has 25 heavy (non-hydrogen) atoms. The number of aromatic amines is 1. The minimum absolute atomic E-state index is 0.200. The zero-order valence-electron chi connectivity index (χ0n) is 13.0. The Morgan fingerprint density at radius 1 is 1.12 bits per heavy atom. The second kappa shape index (κ2) is 6.74. The molecule has 2 aromatic heterocycles. The largest absolute Gasteiger partial charge is 0.301 e. The molecule has 2 aromatic carbocycles. The van der Waals surface area contributed by atoms with E-state index in [0.717, 1.165) is 11.4 Å². The van der Waals surface area contributed by atoms with Gasteiger partial charge in [0.2, 0.25) is 0 Å². The van der Waals surface area contributed by atoms with Crippen molar-refractivity contribution >= 4 is 34.4 Å². The summed E-state index contributed by atoms with van der Waals surface area (Å²) in [5, 5.41) is 5.90. The number of hydrogen-bond acceptors (Lipinski definition) is 4. The van der Waals surface area contributed by atoms with Gasteiger partial charge in [0.15, 0.2) is 10.8 Å². The average Bonchev–Trinajstić information content (AvgIpc) is 3.05. The Bertz CT molecular complexity index is 1090. The lowest BCUT2D eigenvalue weighted by molar-refractivity contribution is 0.873. The van der Waals surface area contributed by atoms with Crippen molar-refractivity contribution in [3.63, 3.8) is 0 Å². The highest BCUT2D eigenvalue weighted by atomic mass is 35.5. The highest BCUT2D eigenvalue weighted by Gasteiger charge is 2.12. The van der Waals surface area contributed by atoms with Crippen LogP contribution in [0.25, 0.3) is 16.7 Å². The number of nitrogens with one attached hydrogen (secondary N) is 1. The predicted octanol–water partition coefficient (Wildman–Crippen LogP) is 4.05. The van der Waals surface area contributed by atoms with Gasteiger partial charge in [-0.2, -0.15) is 5.10 Å². The summed E-state index contributed by atoms with van der Waals surface area (Å²) in [7, 11) is 0. The minimum atomic E-state index is -0.200. The standard InChI is InChI=1S/C18H13ClN4OS/c19-13-7-4-8-14(9-13)23-16-15(10-20-23)17(24)22-18(21-16)25-11-12-5-2-1-3-6-12/h1-10H,11H2,(H,21,22,24). The lowest BCUT2D eigenvalue weighted by atomic mass is 10.2. The quantitative estimate of drug-likeness (QED) is 0.436. The Kier molecular flexibility index (Phi) is 4.29. The van der Waals surface area contributed by atoms with Crippen molar-refractivity contribution < 1.29 is 0 Å². The molecule has 0 bridgehead atoms. The molecule has 0 saturated heterocycles. The smallest absolute Gasteiger partial charge is 0.262 e. The van der Waals surface area contributed by atoms with E-state index in [9.17, 15) is 4.79 Å². The van der Waals surface area contributed by atoms with Crippen LogP contribution in [0.15, 0.2) is 70.7 Å². The molecule has 124 valence electrons. The molecule has 0 amide bonds. The third-order valence-corrected chi connectivity index (χ3v) is 4.87. The molecule has 0 atom stereocenters. The van der Waals surface area contributed by atoms with Crippen LogP contribution in [-0.2, 0) is 5.75 Å². The number of aromatic nitrogens is 4. The maximum Gasteiger partial charge on any atom is 0.262 e. The first-order valence-electron chi connectivity index (χ1n) is 7.61. The van der Waals surface area contributed by atoms with Gasteiger partial charge < -0.3 is 4.98 Å². The number of H-pyrrole nitrogens is 1. The summed E-state index contributed by atoms with van der Waals surface area (Å²) in [6.07, 6.45) is 1.52. The fourth-order valence-corrected chi connectivity index (χ4v) is 3.49. The number of hydrogen-bond donors (Lipinski definition) is 1. The van der Waals surface area contributed by atoms with Crippen LogP contribution in [0.5, 0.6) is 0 Å². The normalized spacial score (nSPS) is 11.1. The second-order valence-corrected chi connectivity index (χ2v) is 6.82. The Morgan fingerprint density at radius 3 is 2.76 bits per heavy atom. The van der Waals surface area contributed by atoms with Crippen LogP contribution in [0.3, 0.4) is 0 Å². The summed E-state index contributed by atoms with van der Waals surface area (Å²) < 4.78 is 1.63. The van der Waals surface area contributed by atoms with Crippen molar-refractivity contribution in [1.82, 2.24) is 19.7 Å². The highest BCUT2D eigenvalue weighted by Crippen LogP contribution is 2.22. The van der Waals surface area contributed by atoms with Gasteiger partial charge in [-0.3, -0.25) is 4.79 Å². The van der Waals surface area contributed by atoms with Crippen molar-refractivity contribution in [3.05, 3.63) is 81.7 Å². The van der Waals surface area contributed by atoms with Crippen molar-refractivity contribution in [3.8, 4) is 5.69 Å². The molecule has 0 spiro atoms. The van der Waals surface area contributed by atoms with Crippen molar-refractivity contribution in [1.29, 1.82) is 0 Å². The van der Waals surface area contributed by atoms with E-state index in [1.165, 1.54) is 23.5 Å². The summed E-state index contributed by atoms with van der Waals surface area (Å²) in [5.41, 5.74) is 2.24. The van der Waals surface area contributed by atoms with Crippen molar-refractivity contribution in [2.24, 2.45) is 0 Å². The van der Waals surface area contributed by atoms with Gasteiger partial charge in [-0.05, 0) is 23.8 Å². The Labute approximate surface area is 152 Å².